The van der Waals surface area contributed by atoms with Crippen LogP contribution in [0.2, 0.25) is 30.1 Å². The molecule has 0 saturated carbocycles. The Hall–Kier alpha value is -5.83. The quantitative estimate of drug-likeness (QED) is 0.0190. The van der Waals surface area contributed by atoms with Crippen LogP contribution in [-0.2, 0) is 92.5 Å². The van der Waals surface area contributed by atoms with E-state index in [1.54, 1.807) is 54.6 Å². The molecule has 1 aliphatic carbocycles. The third-order valence-electron chi connectivity index (χ3n) is 22.1. The lowest BCUT2D eigenvalue weighted by Crippen LogP contribution is -2.56. The van der Waals surface area contributed by atoms with Gasteiger partial charge in [-0.3, -0.25) is 14.4 Å². The number of urea groups is 1. The van der Waals surface area contributed by atoms with Crippen molar-refractivity contribution in [1.82, 2.24) is 55.4 Å². The Balaban J connectivity index is 0.743. The monoisotopic (exact) mass is 1920 g/mol. The van der Waals surface area contributed by atoms with Crippen molar-refractivity contribution < 1.29 is 98.4 Å². The second-order valence-electron chi connectivity index (χ2n) is 31.7. The van der Waals surface area contributed by atoms with Gasteiger partial charge in [0.1, 0.15) is 18.3 Å². The third-order valence-corrected chi connectivity index (χ3v) is 28.2. The number of carbonyl (C=O) groups excluding carboxylic acids is 4. The second-order valence-corrected chi connectivity index (χ2v) is 39.6. The molecular formula is C84H115Cl6N11O21S3. The summed E-state index contributed by atoms with van der Waals surface area (Å²) in [7, 11) is -5.93. The van der Waals surface area contributed by atoms with Crippen LogP contribution in [0.1, 0.15) is 114 Å². The summed E-state index contributed by atoms with van der Waals surface area (Å²) in [5.74, 6) is -2.02. The van der Waals surface area contributed by atoms with Crippen LogP contribution < -0.4 is 40.8 Å². The minimum absolute atomic E-state index is 0.00780. The van der Waals surface area contributed by atoms with Crippen molar-refractivity contribution in [2.45, 2.75) is 129 Å². The molecule has 0 fully saturated rings. The molecule has 5 amide bonds. The normalized spacial score (nSPS) is 18.7. The second kappa shape index (κ2) is 49.4. The maximum atomic E-state index is 14.0. The zero-order valence-corrected chi connectivity index (χ0v) is 77.3. The average molecular weight is 1920 g/mol. The SMILES string of the molecule is CN1Cc2c(Cl)cc(Cl)cc2[C@H](c2cccc(S(=O)(=O)NCCOCCOCCNC(=O)CCC(CCC(=O)NCCOCCOCCNS(=O)(=O)C3=CC(C)([C@@H]4CN(C)Cc5c(Cl)cc(Cl)cc54)CC=C3)(CCC(=O)NCCOCCOCCNS(=O)(=O)c3cccc([C@@H]4CN(C)Cc5c(Cl)cc(Cl)cc54)c3)NC(=O)NC[C@H](O)[C@@H](O)[C@H](O)[C@H](O)CO)c2)C1. The first-order valence-electron chi connectivity index (χ1n) is 41.2. The molecule has 9 rings (SSSR count). The smallest absolute Gasteiger partial charge is 0.315 e. The number of sulfonamides is 3. The first-order chi connectivity index (χ1) is 59.5. The zero-order valence-electron chi connectivity index (χ0n) is 70.3. The number of ether oxygens (including phenoxy) is 6. The van der Waals surface area contributed by atoms with Gasteiger partial charge in [0.15, 0.2) is 0 Å². The number of hydrogen-bond donors (Lipinski definition) is 13. The van der Waals surface area contributed by atoms with Gasteiger partial charge in [-0.2, -0.15) is 0 Å². The molecule has 3 heterocycles. The van der Waals surface area contributed by atoms with Crippen molar-refractivity contribution in [3.8, 4) is 0 Å². The number of nitrogens with zero attached hydrogens (tertiary/aromatic N) is 3. The van der Waals surface area contributed by atoms with Gasteiger partial charge in [-0.1, -0.05) is 113 Å². The molecule has 125 heavy (non-hydrogen) atoms. The zero-order chi connectivity index (χ0) is 90.7. The average Bonchev–Trinajstić information content (AvgIpc) is 0.737. The van der Waals surface area contributed by atoms with E-state index in [-0.39, 0.29) is 190 Å². The molecule has 41 heteroatoms. The van der Waals surface area contributed by atoms with Gasteiger partial charge < -0.3 is 95.2 Å². The summed E-state index contributed by atoms with van der Waals surface area (Å²) >= 11 is 39.1. The van der Waals surface area contributed by atoms with Gasteiger partial charge in [-0.15, -0.1) is 0 Å². The highest BCUT2D eigenvalue weighted by Gasteiger charge is 2.42. The number of aliphatic hydroxyl groups excluding tert-OH is 5. The lowest BCUT2D eigenvalue weighted by molar-refractivity contribution is -0.121. The van der Waals surface area contributed by atoms with Gasteiger partial charge in [0.05, 0.1) is 107 Å². The molecule has 3 aliphatic heterocycles. The van der Waals surface area contributed by atoms with Crippen molar-refractivity contribution in [3.63, 3.8) is 0 Å². The van der Waals surface area contributed by atoms with Crippen LogP contribution in [0, 0.1) is 5.41 Å². The Morgan fingerprint density at radius 2 is 0.848 bits per heavy atom. The van der Waals surface area contributed by atoms with E-state index in [0.29, 0.717) is 75.8 Å². The Morgan fingerprint density at radius 3 is 1.26 bits per heavy atom. The molecule has 0 bridgehead atoms. The van der Waals surface area contributed by atoms with Crippen molar-refractivity contribution in [2.75, 3.05) is 172 Å². The number of likely N-dealkylation sites (N-methyl/N-ethyl adjacent to an activating group) is 3. The summed E-state index contributed by atoms with van der Waals surface area (Å²) in [6.07, 6.45) is -3.37. The molecule has 0 aromatic heterocycles. The number of fused-ring (bicyclic) bond motifs is 3. The molecule has 0 radical (unpaired) electrons. The number of amides is 5. The summed E-state index contributed by atoms with van der Waals surface area (Å²) in [5, 5.41) is 67.4. The molecule has 8 atom stereocenters. The van der Waals surface area contributed by atoms with Crippen LogP contribution in [0.5, 0.6) is 0 Å². The van der Waals surface area contributed by atoms with Gasteiger partial charge in [0, 0.05) is 158 Å². The molecule has 4 aliphatic rings. The van der Waals surface area contributed by atoms with Gasteiger partial charge >= 0.3 is 6.03 Å². The van der Waals surface area contributed by atoms with E-state index < -0.39 is 102 Å². The minimum Gasteiger partial charge on any atom is -0.394 e. The van der Waals surface area contributed by atoms with Crippen molar-refractivity contribution in [2.24, 2.45) is 5.41 Å². The van der Waals surface area contributed by atoms with Gasteiger partial charge in [-0.05, 0) is 163 Å². The number of hydrogen-bond acceptors (Lipinski definition) is 24. The van der Waals surface area contributed by atoms with Crippen molar-refractivity contribution >= 4 is 123 Å². The molecule has 13 N–H and O–H groups in total. The molecule has 0 spiro atoms. The Labute approximate surface area is 761 Å². The Kier molecular flexibility index (Phi) is 40.7. The van der Waals surface area contributed by atoms with Crippen LogP contribution in [0.4, 0.5) is 4.79 Å². The molecule has 692 valence electrons. The highest BCUT2D eigenvalue weighted by atomic mass is 35.5. The van der Waals surface area contributed by atoms with Crippen LogP contribution in [-0.4, -0.2) is 292 Å². The third kappa shape index (κ3) is 31.2. The Bertz CT molecular complexity index is 4700. The fourth-order valence-corrected chi connectivity index (χ4v) is 20.6. The Morgan fingerprint density at radius 1 is 0.480 bits per heavy atom. The first-order valence-corrected chi connectivity index (χ1v) is 47.9. The molecule has 5 aromatic carbocycles. The van der Waals surface area contributed by atoms with Crippen LogP contribution >= 0.6 is 69.6 Å². The number of aliphatic hydroxyl groups is 5. The largest absolute Gasteiger partial charge is 0.394 e. The van der Waals surface area contributed by atoms with Crippen molar-refractivity contribution in [3.05, 3.63) is 183 Å². The van der Waals surface area contributed by atoms with E-state index in [2.05, 4.69) is 55.4 Å². The van der Waals surface area contributed by atoms with E-state index >= 15 is 0 Å². The predicted molar refractivity (Wildman–Crippen MR) is 477 cm³/mol. The first kappa shape index (κ1) is 103. The number of benzene rings is 5. The number of nitrogens with one attached hydrogen (secondary N) is 8. The summed E-state index contributed by atoms with van der Waals surface area (Å²) in [5.41, 5.74) is 5.12. The molecule has 32 nitrogen and oxygen atoms in total. The van der Waals surface area contributed by atoms with E-state index in [0.717, 1.165) is 44.5 Å². The maximum Gasteiger partial charge on any atom is 0.315 e. The lowest BCUT2D eigenvalue weighted by atomic mass is 9.67. The number of halogens is 6. The van der Waals surface area contributed by atoms with Gasteiger partial charge in [0.25, 0.3) is 0 Å². The van der Waals surface area contributed by atoms with Gasteiger partial charge in [-0.25, -0.2) is 44.2 Å². The van der Waals surface area contributed by atoms with Crippen molar-refractivity contribution in [1.29, 1.82) is 0 Å². The van der Waals surface area contributed by atoms with Gasteiger partial charge in [0.2, 0.25) is 47.8 Å². The van der Waals surface area contributed by atoms with Crippen LogP contribution in [0.25, 0.3) is 0 Å². The number of allylic oxidation sites excluding steroid dienone is 3. The lowest BCUT2D eigenvalue weighted by Gasteiger charge is -2.43. The van der Waals surface area contributed by atoms with Crippen LogP contribution in [0.3, 0.4) is 0 Å². The predicted octanol–water partition coefficient (Wildman–Crippen LogP) is 6.28. The summed E-state index contributed by atoms with van der Waals surface area (Å²) in [6, 6.07) is 23.2. The maximum absolute atomic E-state index is 14.0. The topological polar surface area (TPSA) is 433 Å². The van der Waals surface area contributed by atoms with E-state index in [1.807, 2.05) is 64.5 Å². The molecular weight excluding hydrogens is 1810 g/mol. The molecule has 1 unspecified atom stereocenters. The minimum atomic E-state index is -3.95. The highest BCUT2D eigenvalue weighted by molar-refractivity contribution is 7.93. The number of rotatable bonds is 52. The summed E-state index contributed by atoms with van der Waals surface area (Å²) in [4.78, 5) is 61.7. The van der Waals surface area contributed by atoms with E-state index in [1.165, 1.54) is 12.1 Å². The van der Waals surface area contributed by atoms with Crippen LogP contribution in [0.15, 0.2) is 118 Å². The summed E-state index contributed by atoms with van der Waals surface area (Å²) < 4.78 is 123. The fraction of sp³-hybridized carbons (Fsp3) is 0.548. The van der Waals surface area contributed by atoms with E-state index in [9.17, 15) is 70.0 Å². The summed E-state index contributed by atoms with van der Waals surface area (Å²) in [6.45, 7) is 4.55. The highest BCUT2D eigenvalue weighted by Crippen LogP contribution is 2.49. The number of carbonyl (C=O) groups is 4. The fourth-order valence-electron chi connectivity index (χ4n) is 15.5. The molecule has 5 aromatic rings. The van der Waals surface area contributed by atoms with E-state index in [4.69, 9.17) is 98.0 Å². The molecule has 0 saturated heterocycles. The standard InChI is InChI=1S/C84H115Cl6N11O21S3/c1-83(71-53-101(4)52-70-65(71)42-59(87)45-74(70)90)16-7-12-62(46-83)125(115,116)97-25-31-122-37-34-119-28-22-93-79(107)15-19-84(98-82(110)94-47-75(103)80(108)81(109)76(104)54-102,17-13-77(105)91-20-26-117-32-35-120-29-23-95-123(111,112)60-10-5-8-55(38-60)66-48-99(2)50-68-63(66)40-57(85)43-72(68)88)18-14-78(106)92-21-27-118-33-36-121-30-24-96-124(113,114)61-11-6-9-56(39-61)67-49-100(3)51-69-64(67)41-58(86)44-73(69)89/h5-12,38-46,66-67,71,75-76,80-81,95-97,102-104,108-109H,13-37,47-54H2,1-4H3,(H,91,105)(H,92,106)(H,93,107)(H2,94,98,110)/t66-,67-,71+,75-,76+,80+,81+,83?/m0/s1.